The van der Waals surface area contributed by atoms with Gasteiger partial charge in [-0.1, -0.05) is 50.6 Å². The first-order chi connectivity index (χ1) is 17.9. The molecule has 0 radical (unpaired) electrons. The smallest absolute Gasteiger partial charge is 0.406 e. The molecule has 0 saturated carbocycles. The topological polar surface area (TPSA) is 93.2 Å². The van der Waals surface area contributed by atoms with E-state index in [1.165, 1.54) is 24.3 Å². The van der Waals surface area contributed by atoms with E-state index in [-0.39, 0.29) is 35.0 Å². The van der Waals surface area contributed by atoms with E-state index < -0.39 is 23.7 Å². The molecule has 0 aliphatic carbocycles. The van der Waals surface area contributed by atoms with Crippen LogP contribution in [0.4, 0.5) is 13.2 Å². The molecular formula is C29H35F3N3O3+. The number of alkyl halides is 3. The predicted molar refractivity (Wildman–Crippen MR) is 136 cm³/mol. The summed E-state index contributed by atoms with van der Waals surface area (Å²) in [6.07, 6.45) is -1.66. The zero-order valence-electron chi connectivity index (χ0n) is 21.8. The van der Waals surface area contributed by atoms with Gasteiger partial charge in [0.2, 0.25) is 0 Å². The van der Waals surface area contributed by atoms with Crippen LogP contribution in [0.25, 0.3) is 0 Å². The van der Waals surface area contributed by atoms with Gasteiger partial charge in [-0.25, -0.2) is 9.28 Å². The summed E-state index contributed by atoms with van der Waals surface area (Å²) in [6.45, 7) is 4.64. The zero-order chi connectivity index (χ0) is 28.0. The van der Waals surface area contributed by atoms with Gasteiger partial charge in [-0.05, 0) is 48.6 Å². The molecule has 3 rings (SSSR count). The molecule has 2 aromatic rings. The van der Waals surface area contributed by atoms with Gasteiger partial charge in [0.15, 0.2) is 6.04 Å². The third kappa shape index (κ3) is 6.54. The molecule has 9 heteroatoms. The van der Waals surface area contributed by atoms with Crippen molar-refractivity contribution in [1.29, 1.82) is 5.26 Å². The lowest BCUT2D eigenvalue weighted by Gasteiger charge is -2.36. The van der Waals surface area contributed by atoms with Crippen molar-refractivity contribution in [2.45, 2.75) is 76.7 Å². The van der Waals surface area contributed by atoms with Gasteiger partial charge in [0.1, 0.15) is 12.3 Å². The number of nitrogens with zero attached hydrogens (tertiary/aromatic N) is 2. The highest BCUT2D eigenvalue weighted by Crippen LogP contribution is 2.38. The minimum absolute atomic E-state index is 0.0751. The molecule has 2 amide bonds. The highest BCUT2D eigenvalue weighted by Gasteiger charge is 2.50. The minimum Gasteiger partial charge on any atom is -0.406 e. The van der Waals surface area contributed by atoms with Gasteiger partial charge >= 0.3 is 12.3 Å². The van der Waals surface area contributed by atoms with Gasteiger partial charge in [0, 0.05) is 18.4 Å². The first-order valence-corrected chi connectivity index (χ1v) is 12.9. The summed E-state index contributed by atoms with van der Waals surface area (Å²) in [6, 6.07) is 16.9. The molecule has 1 aliphatic rings. The van der Waals surface area contributed by atoms with Crippen molar-refractivity contribution in [1.82, 2.24) is 0 Å². The van der Waals surface area contributed by atoms with E-state index in [4.69, 9.17) is 5.73 Å². The summed E-state index contributed by atoms with van der Waals surface area (Å²) < 4.78 is 41.4. The van der Waals surface area contributed by atoms with Crippen LogP contribution in [0.2, 0.25) is 0 Å². The van der Waals surface area contributed by atoms with Crippen LogP contribution in [-0.2, 0) is 21.5 Å². The number of nitriles is 1. The van der Waals surface area contributed by atoms with Crippen LogP contribution in [0, 0.1) is 17.2 Å². The van der Waals surface area contributed by atoms with Crippen molar-refractivity contribution in [3.63, 3.8) is 0 Å². The maximum atomic E-state index is 13.7. The molecule has 1 heterocycles. The number of carbonyl (C=O) groups excluding carboxylic acids is 2. The molecule has 1 unspecified atom stereocenters. The fraction of sp³-hybridized carbons (Fsp3) is 0.483. The summed E-state index contributed by atoms with van der Waals surface area (Å²) in [5, 5.41) is 10.1. The lowest BCUT2D eigenvalue weighted by molar-refractivity contribution is -0.871. The molecule has 204 valence electrons. The Bertz CT molecular complexity index is 1150. The number of hydrogen-bond donors (Lipinski definition) is 1. The Morgan fingerprint density at radius 3 is 2.32 bits per heavy atom. The van der Waals surface area contributed by atoms with Crippen molar-refractivity contribution in [2.75, 3.05) is 6.54 Å². The summed E-state index contributed by atoms with van der Waals surface area (Å²) >= 11 is 0. The molecule has 1 aliphatic heterocycles. The summed E-state index contributed by atoms with van der Waals surface area (Å²) in [4.78, 5) is 26.0. The van der Waals surface area contributed by atoms with Gasteiger partial charge in [-0.2, -0.15) is 5.26 Å². The third-order valence-corrected chi connectivity index (χ3v) is 7.76. The number of primary amides is 1. The Morgan fingerprint density at radius 2 is 1.76 bits per heavy atom. The van der Waals surface area contributed by atoms with Gasteiger partial charge in [0.25, 0.3) is 5.91 Å². The maximum absolute atomic E-state index is 13.7. The Labute approximate surface area is 221 Å². The third-order valence-electron chi connectivity index (χ3n) is 7.76. The van der Waals surface area contributed by atoms with Crippen molar-refractivity contribution < 1.29 is 32.0 Å². The highest BCUT2D eigenvalue weighted by molar-refractivity contribution is 5.82. The van der Waals surface area contributed by atoms with Gasteiger partial charge < -0.3 is 10.5 Å². The lowest BCUT2D eigenvalue weighted by atomic mass is 9.69. The van der Waals surface area contributed by atoms with Gasteiger partial charge in [0.05, 0.1) is 24.4 Å². The molecule has 2 N–H and O–H groups in total. The quantitative estimate of drug-likeness (QED) is 0.296. The molecule has 38 heavy (non-hydrogen) atoms. The molecular weight excluding hydrogens is 495 g/mol. The minimum atomic E-state index is -4.80. The number of rotatable bonds is 11. The standard InChI is InChI=1S/C29H34F3N3O3/c1-21(2)28(20-33,23-9-4-3-5-10-23)17-7-6-12-26(36)35(18-8-11-25(35)27(34)37)19-22-13-15-24(16-14-22)38-29(30,31)32/h3-5,9-10,13-16,21,25H,6-8,11-12,17-19H2,1-2H3,(H-,34,37)/p+1/t25?,28-,35+/m0/s1. The van der Waals surface area contributed by atoms with Crippen LogP contribution in [0.15, 0.2) is 54.6 Å². The van der Waals surface area contributed by atoms with E-state index in [0.717, 1.165) is 5.56 Å². The second-order valence-electron chi connectivity index (χ2n) is 10.4. The van der Waals surface area contributed by atoms with E-state index in [9.17, 15) is 28.0 Å². The molecule has 3 atom stereocenters. The summed E-state index contributed by atoms with van der Waals surface area (Å²) in [5.41, 5.74) is 6.61. The fourth-order valence-electron chi connectivity index (χ4n) is 5.71. The van der Waals surface area contributed by atoms with Gasteiger partial charge in [-0.3, -0.25) is 4.79 Å². The first kappa shape index (κ1) is 29.2. The molecule has 0 bridgehead atoms. The van der Waals surface area contributed by atoms with Crippen LogP contribution in [0.5, 0.6) is 5.75 Å². The van der Waals surface area contributed by atoms with E-state index in [1.807, 2.05) is 44.2 Å². The Hall–Kier alpha value is -3.38. The van der Waals surface area contributed by atoms with Crippen LogP contribution in [0.1, 0.15) is 63.5 Å². The monoisotopic (exact) mass is 530 g/mol. The van der Waals surface area contributed by atoms with Crippen molar-refractivity contribution >= 4 is 11.8 Å². The van der Waals surface area contributed by atoms with Crippen molar-refractivity contribution in [2.24, 2.45) is 11.7 Å². The second kappa shape index (κ2) is 12.0. The zero-order valence-corrected chi connectivity index (χ0v) is 21.8. The Morgan fingerprint density at radius 1 is 1.11 bits per heavy atom. The average Bonchev–Trinajstić information content (AvgIpc) is 3.30. The number of amides is 2. The number of hydrogen-bond acceptors (Lipinski definition) is 4. The largest absolute Gasteiger partial charge is 0.573 e. The van der Waals surface area contributed by atoms with Crippen LogP contribution < -0.4 is 10.5 Å². The van der Waals surface area contributed by atoms with Gasteiger partial charge in [-0.15, -0.1) is 13.2 Å². The molecule has 6 nitrogen and oxygen atoms in total. The predicted octanol–water partition coefficient (Wildman–Crippen LogP) is 5.75. The van der Waals surface area contributed by atoms with E-state index in [1.54, 1.807) is 0 Å². The highest BCUT2D eigenvalue weighted by atomic mass is 19.4. The van der Waals surface area contributed by atoms with E-state index in [2.05, 4.69) is 10.8 Å². The molecule has 1 saturated heterocycles. The van der Waals surface area contributed by atoms with Crippen molar-refractivity contribution in [3.05, 3.63) is 65.7 Å². The van der Waals surface area contributed by atoms with Crippen molar-refractivity contribution in [3.8, 4) is 11.8 Å². The molecule has 1 fully saturated rings. The normalized spacial score (nSPS) is 21.0. The molecule has 2 aromatic carbocycles. The first-order valence-electron chi connectivity index (χ1n) is 12.9. The number of likely N-dealkylation sites (tertiary alicyclic amines) is 1. The average molecular weight is 531 g/mol. The molecule has 0 spiro atoms. The van der Waals surface area contributed by atoms with E-state index in [0.29, 0.717) is 44.2 Å². The fourth-order valence-corrected chi connectivity index (χ4v) is 5.71. The van der Waals surface area contributed by atoms with Crippen LogP contribution in [0.3, 0.4) is 0 Å². The SMILES string of the molecule is CC(C)[C@@](C#N)(CCCCC(=O)[N@@+]1(Cc2ccc(OC(F)(F)F)cc2)CCCC1C(N)=O)c1ccccc1. The number of quaternary nitrogens is 1. The second-order valence-corrected chi connectivity index (χ2v) is 10.4. The lowest BCUT2D eigenvalue weighted by Crippen LogP contribution is -2.59. The number of benzene rings is 2. The Kier molecular flexibility index (Phi) is 9.21. The maximum Gasteiger partial charge on any atom is 0.573 e. The molecule has 0 aromatic heterocycles. The summed E-state index contributed by atoms with van der Waals surface area (Å²) in [5.74, 6) is -0.948. The Balaban J connectivity index is 1.73. The number of unbranched alkanes of at least 4 members (excludes halogenated alkanes) is 1. The van der Waals surface area contributed by atoms with E-state index >= 15 is 0 Å². The number of halogens is 3. The number of carbonyl (C=O) groups is 2. The summed E-state index contributed by atoms with van der Waals surface area (Å²) in [7, 11) is 0. The number of ether oxygens (including phenoxy) is 1. The van der Waals surface area contributed by atoms with Crippen LogP contribution >= 0.6 is 0 Å². The van der Waals surface area contributed by atoms with Crippen LogP contribution in [-0.4, -0.2) is 35.2 Å². The number of nitrogens with two attached hydrogens (primary N) is 1.